The third kappa shape index (κ3) is 5.07. The van der Waals surface area contributed by atoms with Crippen molar-refractivity contribution < 1.29 is 23.9 Å². The van der Waals surface area contributed by atoms with Crippen LogP contribution in [0.3, 0.4) is 0 Å². The Morgan fingerprint density at radius 3 is 2.53 bits per heavy atom. The van der Waals surface area contributed by atoms with E-state index in [1.54, 1.807) is 13.8 Å². The monoisotopic (exact) mass is 266 g/mol. The number of hydrogen-bond donors (Lipinski definition) is 2. The van der Waals surface area contributed by atoms with Crippen LogP contribution in [0.4, 0.5) is 0 Å². The third-order valence-electron chi connectivity index (χ3n) is 1.78. The van der Waals surface area contributed by atoms with Gasteiger partial charge in [-0.05, 0) is 13.8 Å². The molecule has 1 heterocycles. The normalized spacial score (nSPS) is 14.8. The van der Waals surface area contributed by atoms with E-state index in [-0.39, 0.29) is 17.7 Å². The molecule has 0 bridgehead atoms. The topological polar surface area (TPSA) is 93.7 Å². The molecule has 102 valence electrons. The van der Waals surface area contributed by atoms with Gasteiger partial charge in [-0.25, -0.2) is 9.59 Å². The number of nitrogens with one attached hydrogen (secondary N) is 2. The van der Waals surface area contributed by atoms with Crippen molar-refractivity contribution in [3.63, 3.8) is 0 Å². The summed E-state index contributed by atoms with van der Waals surface area (Å²) in [6.07, 6.45) is 2.72. The Morgan fingerprint density at radius 2 is 1.95 bits per heavy atom. The molecule has 1 aliphatic rings. The minimum Gasteiger partial charge on any atom is -0.460 e. The highest BCUT2D eigenvalue weighted by atomic mass is 16.5. The Bertz CT molecular complexity index is 477. The van der Waals surface area contributed by atoms with E-state index < -0.39 is 17.8 Å². The predicted octanol–water partition coefficient (Wildman–Crippen LogP) is 0.0694. The lowest BCUT2D eigenvalue weighted by Gasteiger charge is -2.15. The van der Waals surface area contributed by atoms with Crippen molar-refractivity contribution in [1.29, 1.82) is 0 Å². The van der Waals surface area contributed by atoms with E-state index in [0.29, 0.717) is 0 Å². The molecule has 0 spiro atoms. The summed E-state index contributed by atoms with van der Waals surface area (Å²) in [5.41, 5.74) is 0. The van der Waals surface area contributed by atoms with Gasteiger partial charge in [0.25, 0.3) is 5.91 Å². The summed E-state index contributed by atoms with van der Waals surface area (Å²) >= 11 is 0. The van der Waals surface area contributed by atoms with E-state index in [4.69, 9.17) is 9.47 Å². The summed E-state index contributed by atoms with van der Waals surface area (Å²) < 4.78 is 9.49. The first-order valence-corrected chi connectivity index (χ1v) is 5.46. The zero-order valence-corrected chi connectivity index (χ0v) is 10.6. The lowest BCUT2D eigenvalue weighted by molar-refractivity contribution is -0.142. The minimum absolute atomic E-state index is 0.223. The van der Waals surface area contributed by atoms with Crippen molar-refractivity contribution in [2.24, 2.45) is 0 Å². The fourth-order valence-electron chi connectivity index (χ4n) is 1.08. The van der Waals surface area contributed by atoms with Crippen molar-refractivity contribution in [2.75, 3.05) is 0 Å². The molecule has 0 radical (unpaired) electrons. The maximum Gasteiger partial charge on any atom is 0.336 e. The van der Waals surface area contributed by atoms with Gasteiger partial charge >= 0.3 is 11.9 Å². The molecule has 0 fully saturated rings. The first kappa shape index (κ1) is 14.5. The smallest absolute Gasteiger partial charge is 0.336 e. The largest absolute Gasteiger partial charge is 0.460 e. The van der Waals surface area contributed by atoms with Crippen LogP contribution in [0.15, 0.2) is 36.5 Å². The molecule has 1 rings (SSSR count). The number of rotatable bonds is 4. The Balaban J connectivity index is 2.52. The quantitative estimate of drug-likeness (QED) is 0.552. The molecule has 19 heavy (non-hydrogen) atoms. The average molecular weight is 266 g/mol. The summed E-state index contributed by atoms with van der Waals surface area (Å²) in [5.74, 6) is -2.08. The van der Waals surface area contributed by atoms with Gasteiger partial charge < -0.3 is 20.1 Å². The molecule has 7 nitrogen and oxygen atoms in total. The SMILES string of the molecule is C=C1NC=C(OC(=O)/C=C/C(=O)OC(C)C)C(=O)N1. The van der Waals surface area contributed by atoms with Gasteiger partial charge in [0.05, 0.1) is 12.3 Å². The zero-order valence-electron chi connectivity index (χ0n) is 10.6. The third-order valence-corrected chi connectivity index (χ3v) is 1.78. The van der Waals surface area contributed by atoms with Crippen molar-refractivity contribution >= 4 is 17.8 Å². The summed E-state index contributed by atoms with van der Waals surface area (Å²) in [6, 6.07) is 0. The van der Waals surface area contributed by atoms with Crippen LogP contribution >= 0.6 is 0 Å². The van der Waals surface area contributed by atoms with Gasteiger partial charge in [-0.15, -0.1) is 0 Å². The molecule has 0 atom stereocenters. The predicted molar refractivity (Wildman–Crippen MR) is 65.0 cm³/mol. The maximum atomic E-state index is 11.4. The minimum atomic E-state index is -0.864. The van der Waals surface area contributed by atoms with Gasteiger partial charge in [0.15, 0.2) is 0 Å². The highest BCUT2D eigenvalue weighted by molar-refractivity contribution is 5.98. The van der Waals surface area contributed by atoms with Gasteiger partial charge in [0.2, 0.25) is 5.76 Å². The molecule has 0 saturated carbocycles. The van der Waals surface area contributed by atoms with Crippen LogP contribution in [0.25, 0.3) is 0 Å². The second-order valence-corrected chi connectivity index (χ2v) is 3.83. The number of ether oxygens (including phenoxy) is 2. The standard InChI is InChI=1S/C12H14N2O5/c1-7(2)18-10(15)4-5-11(16)19-9-6-13-8(3)14-12(9)17/h4-7,13H,3H2,1-2H3,(H,14,17)/b5-4+. The molecule has 0 saturated heterocycles. The van der Waals surface area contributed by atoms with Crippen molar-refractivity contribution in [3.05, 3.63) is 36.5 Å². The average Bonchev–Trinajstić information content (AvgIpc) is 2.29. The molecule has 1 amide bonds. The van der Waals surface area contributed by atoms with Gasteiger partial charge in [-0.3, -0.25) is 4.79 Å². The molecule has 1 aliphatic heterocycles. The van der Waals surface area contributed by atoms with Crippen LogP contribution < -0.4 is 10.6 Å². The van der Waals surface area contributed by atoms with Crippen LogP contribution in [0, 0.1) is 0 Å². The first-order chi connectivity index (χ1) is 8.88. The molecule has 2 N–H and O–H groups in total. The Hall–Kier alpha value is -2.57. The van der Waals surface area contributed by atoms with Gasteiger partial charge in [-0.2, -0.15) is 0 Å². The lowest BCUT2D eigenvalue weighted by Crippen LogP contribution is -2.36. The van der Waals surface area contributed by atoms with E-state index in [2.05, 4.69) is 17.2 Å². The van der Waals surface area contributed by atoms with E-state index >= 15 is 0 Å². The van der Waals surface area contributed by atoms with Gasteiger partial charge in [-0.1, -0.05) is 6.58 Å². The Labute approximate surface area is 109 Å². The summed E-state index contributed by atoms with van der Waals surface area (Å²) in [6.45, 7) is 6.82. The molecular weight excluding hydrogens is 252 g/mol. The number of esters is 2. The Morgan fingerprint density at radius 1 is 1.32 bits per heavy atom. The van der Waals surface area contributed by atoms with Crippen molar-refractivity contribution in [3.8, 4) is 0 Å². The summed E-state index contributed by atoms with van der Waals surface area (Å²) in [4.78, 5) is 33.8. The molecule has 0 aliphatic carbocycles. The van der Waals surface area contributed by atoms with Crippen LogP contribution in [-0.2, 0) is 23.9 Å². The van der Waals surface area contributed by atoms with Crippen LogP contribution in [0.1, 0.15) is 13.8 Å². The Kier molecular flexibility index (Phi) is 4.87. The van der Waals surface area contributed by atoms with Crippen molar-refractivity contribution in [1.82, 2.24) is 10.6 Å². The first-order valence-electron chi connectivity index (χ1n) is 5.46. The summed E-state index contributed by atoms with van der Waals surface area (Å²) in [5, 5.41) is 4.90. The second-order valence-electron chi connectivity index (χ2n) is 3.83. The fraction of sp³-hybridized carbons (Fsp3) is 0.250. The highest BCUT2D eigenvalue weighted by Gasteiger charge is 2.18. The van der Waals surface area contributed by atoms with E-state index in [9.17, 15) is 14.4 Å². The maximum absolute atomic E-state index is 11.4. The number of carbonyl (C=O) groups is 3. The van der Waals surface area contributed by atoms with Crippen LogP contribution in [0.2, 0.25) is 0 Å². The number of hydrogen-bond acceptors (Lipinski definition) is 6. The van der Waals surface area contributed by atoms with E-state index in [1.165, 1.54) is 6.20 Å². The number of carbonyl (C=O) groups excluding carboxylic acids is 3. The lowest BCUT2D eigenvalue weighted by atomic mass is 10.4. The molecule has 0 aromatic rings. The van der Waals surface area contributed by atoms with Gasteiger partial charge in [0.1, 0.15) is 5.82 Å². The molecule has 0 aromatic heterocycles. The number of amides is 1. The van der Waals surface area contributed by atoms with E-state index in [0.717, 1.165) is 12.2 Å². The second kappa shape index (κ2) is 6.39. The zero-order chi connectivity index (χ0) is 14.4. The molecule has 0 unspecified atom stereocenters. The van der Waals surface area contributed by atoms with E-state index in [1.807, 2.05) is 0 Å². The molecule has 0 aromatic carbocycles. The van der Waals surface area contributed by atoms with Gasteiger partial charge in [0, 0.05) is 12.2 Å². The summed E-state index contributed by atoms with van der Waals surface area (Å²) in [7, 11) is 0. The fourth-order valence-corrected chi connectivity index (χ4v) is 1.08. The van der Waals surface area contributed by atoms with Crippen LogP contribution in [-0.4, -0.2) is 23.9 Å². The molecular formula is C12H14N2O5. The molecule has 7 heteroatoms. The van der Waals surface area contributed by atoms with Crippen molar-refractivity contribution in [2.45, 2.75) is 20.0 Å². The van der Waals surface area contributed by atoms with Crippen LogP contribution in [0.5, 0.6) is 0 Å². The highest BCUT2D eigenvalue weighted by Crippen LogP contribution is 2.03.